The summed E-state index contributed by atoms with van der Waals surface area (Å²) in [5.41, 5.74) is 2.54. The largest absolute Gasteiger partial charge is 0.461 e. The molecule has 2 aromatic carbocycles. The molecule has 2 unspecified atom stereocenters. The van der Waals surface area contributed by atoms with E-state index in [0.717, 1.165) is 19.4 Å². The Morgan fingerprint density at radius 1 is 1.08 bits per heavy atom. The monoisotopic (exact) mass is 337 g/mol. The number of esters is 1. The quantitative estimate of drug-likeness (QED) is 0.765. The first kappa shape index (κ1) is 17.7. The number of hydrogen-bond donors (Lipinski definition) is 0. The van der Waals surface area contributed by atoms with E-state index in [1.165, 1.54) is 11.1 Å². The van der Waals surface area contributed by atoms with Gasteiger partial charge in [-0.3, -0.25) is 9.69 Å². The van der Waals surface area contributed by atoms with E-state index in [1.54, 1.807) is 0 Å². The lowest BCUT2D eigenvalue weighted by molar-refractivity contribution is -0.154. The van der Waals surface area contributed by atoms with Crippen LogP contribution in [0.2, 0.25) is 0 Å². The van der Waals surface area contributed by atoms with Crippen LogP contribution in [0, 0.1) is 0 Å². The van der Waals surface area contributed by atoms with Crippen LogP contribution < -0.4 is 0 Å². The number of rotatable bonds is 5. The minimum Gasteiger partial charge on any atom is -0.461 e. The smallest absolute Gasteiger partial charge is 0.305 e. The Balaban J connectivity index is 2.01. The summed E-state index contributed by atoms with van der Waals surface area (Å²) < 4.78 is 5.87. The highest BCUT2D eigenvalue weighted by Crippen LogP contribution is 2.36. The van der Waals surface area contributed by atoms with Gasteiger partial charge in [0.2, 0.25) is 0 Å². The maximum absolute atomic E-state index is 12.0. The van der Waals surface area contributed by atoms with E-state index >= 15 is 0 Å². The summed E-state index contributed by atoms with van der Waals surface area (Å²) in [5, 5.41) is 0. The lowest BCUT2D eigenvalue weighted by atomic mass is 9.79. The molecule has 0 aliphatic carbocycles. The fraction of sp³-hybridized carbons (Fsp3) is 0.409. The maximum Gasteiger partial charge on any atom is 0.305 e. The second-order valence-corrected chi connectivity index (χ2v) is 6.79. The molecule has 0 amide bonds. The zero-order chi connectivity index (χ0) is 17.6. The van der Waals surface area contributed by atoms with Gasteiger partial charge in [-0.15, -0.1) is 0 Å². The third kappa shape index (κ3) is 4.10. The molecular weight excluding hydrogens is 310 g/mol. The van der Waals surface area contributed by atoms with Crippen LogP contribution in [-0.4, -0.2) is 36.6 Å². The third-order valence-electron chi connectivity index (χ3n) is 5.12. The molecule has 0 N–H and O–H groups in total. The van der Waals surface area contributed by atoms with Gasteiger partial charge in [-0.2, -0.15) is 0 Å². The van der Waals surface area contributed by atoms with Crippen molar-refractivity contribution >= 4 is 5.97 Å². The van der Waals surface area contributed by atoms with Gasteiger partial charge in [0, 0.05) is 12.3 Å². The van der Waals surface area contributed by atoms with Crippen LogP contribution in [0.1, 0.15) is 43.2 Å². The van der Waals surface area contributed by atoms with Crippen molar-refractivity contribution in [3.8, 4) is 0 Å². The van der Waals surface area contributed by atoms with Crippen molar-refractivity contribution in [3.63, 3.8) is 0 Å². The van der Waals surface area contributed by atoms with Crippen LogP contribution in [0.15, 0.2) is 60.7 Å². The standard InChI is InChI=1S/C22H27NO2/c1-3-20(24)25-19-15-10-16-23(2)22(19)21(17-11-6-4-7-12-17)18-13-8-5-9-14-18/h4-9,11-14,19,21-22H,3,10,15-16H2,1-2H3. The lowest BCUT2D eigenvalue weighted by Crippen LogP contribution is -2.51. The van der Waals surface area contributed by atoms with E-state index in [0.29, 0.717) is 6.42 Å². The summed E-state index contributed by atoms with van der Waals surface area (Å²) in [4.78, 5) is 14.3. The normalized spacial score (nSPS) is 21.2. The van der Waals surface area contributed by atoms with Crippen molar-refractivity contribution in [2.45, 2.75) is 44.2 Å². The predicted octanol–water partition coefficient (Wildman–Crippen LogP) is 4.23. The highest BCUT2D eigenvalue weighted by molar-refractivity contribution is 5.69. The Labute approximate surface area is 150 Å². The van der Waals surface area contributed by atoms with Crippen LogP contribution in [0.3, 0.4) is 0 Å². The number of piperidine rings is 1. The zero-order valence-corrected chi connectivity index (χ0v) is 15.1. The molecule has 0 bridgehead atoms. The van der Waals surface area contributed by atoms with E-state index in [-0.39, 0.29) is 24.0 Å². The topological polar surface area (TPSA) is 29.5 Å². The van der Waals surface area contributed by atoms with Crippen LogP contribution >= 0.6 is 0 Å². The minimum absolute atomic E-state index is 0.0726. The minimum atomic E-state index is -0.106. The molecule has 1 saturated heterocycles. The van der Waals surface area contributed by atoms with Gasteiger partial charge in [0.25, 0.3) is 0 Å². The molecule has 2 aromatic rings. The Bertz CT molecular complexity index is 631. The van der Waals surface area contributed by atoms with Crippen LogP contribution in [0.4, 0.5) is 0 Å². The van der Waals surface area contributed by atoms with Crippen molar-refractivity contribution in [3.05, 3.63) is 71.8 Å². The summed E-state index contributed by atoms with van der Waals surface area (Å²) in [6.45, 7) is 2.89. The molecule has 1 heterocycles. The average Bonchev–Trinajstić information content (AvgIpc) is 2.66. The Morgan fingerprint density at radius 3 is 2.16 bits per heavy atom. The van der Waals surface area contributed by atoms with Gasteiger partial charge >= 0.3 is 5.97 Å². The average molecular weight is 337 g/mol. The van der Waals surface area contributed by atoms with E-state index in [1.807, 2.05) is 19.1 Å². The molecule has 2 atom stereocenters. The molecular formula is C22H27NO2. The molecule has 1 aliphatic heterocycles. The summed E-state index contributed by atoms with van der Waals surface area (Å²) in [6, 6.07) is 21.3. The van der Waals surface area contributed by atoms with Gasteiger partial charge in [0.15, 0.2) is 0 Å². The van der Waals surface area contributed by atoms with Gasteiger partial charge in [-0.25, -0.2) is 0 Å². The second-order valence-electron chi connectivity index (χ2n) is 6.79. The summed E-state index contributed by atoms with van der Waals surface area (Å²) in [5.74, 6) is 0.0764. The number of carbonyl (C=O) groups is 1. The van der Waals surface area contributed by atoms with Gasteiger partial charge in [0.05, 0.1) is 6.04 Å². The summed E-state index contributed by atoms with van der Waals surface area (Å²) in [6.07, 6.45) is 2.34. The first-order valence-electron chi connectivity index (χ1n) is 9.20. The number of ether oxygens (including phenoxy) is 1. The van der Waals surface area contributed by atoms with Crippen molar-refractivity contribution in [2.24, 2.45) is 0 Å². The van der Waals surface area contributed by atoms with Crippen molar-refractivity contribution in [2.75, 3.05) is 13.6 Å². The Hall–Kier alpha value is -2.13. The number of carbonyl (C=O) groups excluding carboxylic acids is 1. The van der Waals surface area contributed by atoms with Gasteiger partial charge < -0.3 is 4.74 Å². The summed E-state index contributed by atoms with van der Waals surface area (Å²) in [7, 11) is 2.15. The van der Waals surface area contributed by atoms with Crippen molar-refractivity contribution in [1.82, 2.24) is 4.90 Å². The van der Waals surface area contributed by atoms with Gasteiger partial charge in [0.1, 0.15) is 6.10 Å². The molecule has 0 saturated carbocycles. The number of hydrogen-bond acceptors (Lipinski definition) is 3. The summed E-state index contributed by atoms with van der Waals surface area (Å²) >= 11 is 0. The third-order valence-corrected chi connectivity index (χ3v) is 5.12. The number of benzene rings is 2. The first-order chi connectivity index (χ1) is 12.2. The van der Waals surface area contributed by atoms with Gasteiger partial charge in [-0.05, 0) is 37.6 Å². The van der Waals surface area contributed by atoms with Crippen LogP contribution in [-0.2, 0) is 9.53 Å². The molecule has 1 fully saturated rings. The molecule has 3 nitrogen and oxygen atoms in total. The van der Waals surface area contributed by atoms with Crippen molar-refractivity contribution in [1.29, 1.82) is 0 Å². The molecule has 0 spiro atoms. The molecule has 132 valence electrons. The second kappa shape index (κ2) is 8.30. The van der Waals surface area contributed by atoms with E-state index < -0.39 is 0 Å². The predicted molar refractivity (Wildman–Crippen MR) is 101 cm³/mol. The molecule has 0 radical (unpaired) electrons. The Kier molecular flexibility index (Phi) is 5.87. The first-order valence-corrected chi connectivity index (χ1v) is 9.20. The SMILES string of the molecule is CCC(=O)OC1CCCN(C)C1C(c1ccccc1)c1ccccc1. The fourth-order valence-electron chi connectivity index (χ4n) is 3.90. The Morgan fingerprint density at radius 2 is 1.64 bits per heavy atom. The lowest BCUT2D eigenvalue weighted by Gasteiger charge is -2.43. The highest BCUT2D eigenvalue weighted by atomic mass is 16.5. The molecule has 1 aliphatic rings. The van der Waals surface area contributed by atoms with Crippen LogP contribution in [0.5, 0.6) is 0 Å². The van der Waals surface area contributed by atoms with E-state index in [9.17, 15) is 4.79 Å². The molecule has 0 aromatic heterocycles. The van der Waals surface area contributed by atoms with Crippen LogP contribution in [0.25, 0.3) is 0 Å². The maximum atomic E-state index is 12.0. The number of likely N-dealkylation sites (tertiary alicyclic amines) is 1. The van der Waals surface area contributed by atoms with E-state index in [4.69, 9.17) is 4.74 Å². The number of likely N-dealkylation sites (N-methyl/N-ethyl adjacent to an activating group) is 1. The van der Waals surface area contributed by atoms with Gasteiger partial charge in [-0.1, -0.05) is 67.6 Å². The highest BCUT2D eigenvalue weighted by Gasteiger charge is 2.39. The fourth-order valence-corrected chi connectivity index (χ4v) is 3.90. The molecule has 3 heteroatoms. The zero-order valence-electron chi connectivity index (χ0n) is 15.1. The molecule has 3 rings (SSSR count). The molecule has 25 heavy (non-hydrogen) atoms. The van der Waals surface area contributed by atoms with Crippen molar-refractivity contribution < 1.29 is 9.53 Å². The number of nitrogens with zero attached hydrogens (tertiary/aromatic N) is 1. The van der Waals surface area contributed by atoms with E-state index in [2.05, 4.69) is 60.5 Å².